The van der Waals surface area contributed by atoms with Crippen LogP contribution in [0.4, 0.5) is 0 Å². The Bertz CT molecular complexity index is 233. The van der Waals surface area contributed by atoms with E-state index in [1.807, 2.05) is 13.8 Å². The van der Waals surface area contributed by atoms with Crippen LogP contribution in [0.15, 0.2) is 4.99 Å². The van der Waals surface area contributed by atoms with Crippen molar-refractivity contribution >= 4 is 11.7 Å². The van der Waals surface area contributed by atoms with Crippen molar-refractivity contribution in [3.8, 4) is 0 Å². The van der Waals surface area contributed by atoms with Crippen molar-refractivity contribution in [3.63, 3.8) is 0 Å². The molecular weight excluding hydrogens is 154 g/mol. The molecular formula is C9H15NO2. The lowest BCUT2D eigenvalue weighted by atomic mass is 10.0. The van der Waals surface area contributed by atoms with Crippen LogP contribution in [0.2, 0.25) is 0 Å². The molecule has 0 bridgehead atoms. The van der Waals surface area contributed by atoms with Crippen LogP contribution < -0.4 is 0 Å². The van der Waals surface area contributed by atoms with Crippen molar-refractivity contribution in [1.82, 2.24) is 0 Å². The Hall–Kier alpha value is -0.860. The summed E-state index contributed by atoms with van der Waals surface area (Å²) in [5.41, 5.74) is -0.695. The lowest BCUT2D eigenvalue weighted by Crippen LogP contribution is -2.37. The first-order chi connectivity index (χ1) is 5.46. The molecule has 1 unspecified atom stereocenters. The summed E-state index contributed by atoms with van der Waals surface area (Å²) in [4.78, 5) is 15.3. The first-order valence-electron chi connectivity index (χ1n) is 4.20. The van der Waals surface area contributed by atoms with E-state index in [2.05, 4.69) is 4.99 Å². The molecule has 3 nitrogen and oxygen atoms in total. The van der Waals surface area contributed by atoms with Gasteiger partial charge in [-0.15, -0.1) is 0 Å². The minimum Gasteiger partial charge on any atom is -0.465 e. The highest BCUT2D eigenvalue weighted by molar-refractivity contribution is 5.91. The molecule has 0 amide bonds. The van der Waals surface area contributed by atoms with Gasteiger partial charge < -0.3 is 4.74 Å². The summed E-state index contributed by atoms with van der Waals surface area (Å²) in [6.07, 6.45) is 0. The van der Waals surface area contributed by atoms with Crippen molar-refractivity contribution < 1.29 is 9.53 Å². The highest BCUT2D eigenvalue weighted by atomic mass is 16.5. The smallest absolute Gasteiger partial charge is 0.187 e. The Morgan fingerprint density at radius 1 is 1.67 bits per heavy atom. The second-order valence-corrected chi connectivity index (χ2v) is 3.70. The van der Waals surface area contributed by atoms with Gasteiger partial charge in [0, 0.05) is 5.92 Å². The lowest BCUT2D eigenvalue weighted by molar-refractivity contribution is -0.130. The second-order valence-electron chi connectivity index (χ2n) is 3.70. The fourth-order valence-electron chi connectivity index (χ4n) is 1.01. The van der Waals surface area contributed by atoms with Crippen molar-refractivity contribution in [2.45, 2.75) is 33.3 Å². The average molecular weight is 169 g/mol. The summed E-state index contributed by atoms with van der Waals surface area (Å²) in [5.74, 6) is 1.01. The number of hydrogen-bond donors (Lipinski definition) is 0. The molecule has 1 rings (SSSR count). The van der Waals surface area contributed by atoms with E-state index in [9.17, 15) is 4.79 Å². The van der Waals surface area contributed by atoms with Gasteiger partial charge in [-0.1, -0.05) is 13.8 Å². The number of carbonyl (C=O) groups is 1. The van der Waals surface area contributed by atoms with E-state index in [4.69, 9.17) is 4.74 Å². The number of nitrogens with zero attached hydrogens (tertiary/aromatic N) is 1. The van der Waals surface area contributed by atoms with Gasteiger partial charge in [0.1, 0.15) is 0 Å². The maximum atomic E-state index is 11.1. The molecule has 0 aromatic rings. The van der Waals surface area contributed by atoms with E-state index in [0.717, 1.165) is 0 Å². The molecule has 0 aromatic heterocycles. The molecule has 0 saturated carbocycles. The van der Waals surface area contributed by atoms with E-state index in [1.165, 1.54) is 0 Å². The summed E-state index contributed by atoms with van der Waals surface area (Å²) < 4.78 is 5.47. The SMILES string of the molecule is CC(=O)C1(C)CN=C(C(C)C)O1. The van der Waals surface area contributed by atoms with Gasteiger partial charge in [0.2, 0.25) is 0 Å². The highest BCUT2D eigenvalue weighted by Crippen LogP contribution is 2.22. The van der Waals surface area contributed by atoms with Crippen molar-refractivity contribution in [2.24, 2.45) is 10.9 Å². The molecule has 0 radical (unpaired) electrons. The summed E-state index contributed by atoms with van der Waals surface area (Å²) in [6.45, 7) is 7.80. The number of Topliss-reactive ketones (excluding diaryl/α,β-unsaturated/α-hetero) is 1. The Morgan fingerprint density at radius 2 is 2.25 bits per heavy atom. The standard InChI is InChI=1S/C9H15NO2/c1-6(2)8-10-5-9(4,12-8)7(3)11/h6H,5H2,1-4H3. The Labute approximate surface area is 72.8 Å². The van der Waals surface area contributed by atoms with Crippen molar-refractivity contribution in [2.75, 3.05) is 6.54 Å². The Balaban J connectivity index is 2.68. The average Bonchev–Trinajstić information content (AvgIpc) is 2.33. The van der Waals surface area contributed by atoms with Crippen LogP contribution in [0.5, 0.6) is 0 Å². The maximum Gasteiger partial charge on any atom is 0.187 e. The molecule has 12 heavy (non-hydrogen) atoms. The van der Waals surface area contributed by atoms with Crippen molar-refractivity contribution in [3.05, 3.63) is 0 Å². The van der Waals surface area contributed by atoms with Crippen molar-refractivity contribution in [1.29, 1.82) is 0 Å². The Kier molecular flexibility index (Phi) is 2.22. The number of ether oxygens (including phenoxy) is 1. The zero-order valence-electron chi connectivity index (χ0n) is 8.05. The van der Waals surface area contributed by atoms with Crippen LogP contribution in [-0.4, -0.2) is 23.8 Å². The predicted molar refractivity (Wildman–Crippen MR) is 47.3 cm³/mol. The van der Waals surface area contributed by atoms with E-state index in [1.54, 1.807) is 13.8 Å². The minimum absolute atomic E-state index is 0.0434. The van der Waals surface area contributed by atoms with Crippen LogP contribution >= 0.6 is 0 Å². The summed E-state index contributed by atoms with van der Waals surface area (Å²) in [5, 5.41) is 0. The van der Waals surface area contributed by atoms with Crippen LogP contribution in [0.25, 0.3) is 0 Å². The van der Waals surface area contributed by atoms with Gasteiger partial charge >= 0.3 is 0 Å². The number of carbonyl (C=O) groups excluding carboxylic acids is 1. The number of hydrogen-bond acceptors (Lipinski definition) is 3. The maximum absolute atomic E-state index is 11.1. The summed E-state index contributed by atoms with van der Waals surface area (Å²) in [6, 6.07) is 0. The van der Waals surface area contributed by atoms with E-state index in [0.29, 0.717) is 12.4 Å². The molecule has 1 heterocycles. The first kappa shape index (κ1) is 9.23. The normalized spacial score (nSPS) is 28.6. The lowest BCUT2D eigenvalue weighted by Gasteiger charge is -2.20. The molecule has 1 aliphatic heterocycles. The van der Waals surface area contributed by atoms with Crippen LogP contribution in [-0.2, 0) is 9.53 Å². The predicted octanol–water partition coefficient (Wildman–Crippen LogP) is 1.42. The quantitative estimate of drug-likeness (QED) is 0.627. The van der Waals surface area contributed by atoms with Crippen LogP contribution in [0.3, 0.4) is 0 Å². The fraction of sp³-hybridized carbons (Fsp3) is 0.778. The molecule has 0 aromatic carbocycles. The molecule has 1 aliphatic rings. The minimum atomic E-state index is -0.695. The zero-order chi connectivity index (χ0) is 9.35. The number of ketones is 1. The molecule has 0 aliphatic carbocycles. The summed E-state index contributed by atoms with van der Waals surface area (Å²) >= 11 is 0. The highest BCUT2D eigenvalue weighted by Gasteiger charge is 2.38. The third-order valence-corrected chi connectivity index (χ3v) is 2.11. The van der Waals surface area contributed by atoms with E-state index in [-0.39, 0.29) is 11.7 Å². The van der Waals surface area contributed by atoms with E-state index >= 15 is 0 Å². The molecule has 0 saturated heterocycles. The van der Waals surface area contributed by atoms with Gasteiger partial charge in [-0.05, 0) is 13.8 Å². The van der Waals surface area contributed by atoms with Gasteiger partial charge in [-0.3, -0.25) is 9.79 Å². The molecule has 68 valence electrons. The number of aliphatic imine (C=N–C) groups is 1. The fourth-order valence-corrected chi connectivity index (χ4v) is 1.01. The molecule has 0 spiro atoms. The second kappa shape index (κ2) is 2.88. The molecule has 1 atom stereocenters. The van der Waals surface area contributed by atoms with Crippen LogP contribution in [0, 0.1) is 5.92 Å². The third-order valence-electron chi connectivity index (χ3n) is 2.11. The van der Waals surface area contributed by atoms with Gasteiger partial charge in [0.15, 0.2) is 17.3 Å². The molecule has 0 N–H and O–H groups in total. The van der Waals surface area contributed by atoms with Gasteiger partial charge in [0.25, 0.3) is 0 Å². The summed E-state index contributed by atoms with van der Waals surface area (Å²) in [7, 11) is 0. The van der Waals surface area contributed by atoms with Gasteiger partial charge in [0.05, 0.1) is 6.54 Å². The van der Waals surface area contributed by atoms with E-state index < -0.39 is 5.60 Å². The number of rotatable bonds is 2. The molecule has 0 fully saturated rings. The third kappa shape index (κ3) is 1.49. The molecule has 3 heteroatoms. The topological polar surface area (TPSA) is 38.7 Å². The zero-order valence-corrected chi connectivity index (χ0v) is 8.05. The largest absolute Gasteiger partial charge is 0.465 e. The van der Waals surface area contributed by atoms with Gasteiger partial charge in [-0.25, -0.2) is 0 Å². The van der Waals surface area contributed by atoms with Gasteiger partial charge in [-0.2, -0.15) is 0 Å². The van der Waals surface area contributed by atoms with Crippen LogP contribution in [0.1, 0.15) is 27.7 Å². The monoisotopic (exact) mass is 169 g/mol. The first-order valence-corrected chi connectivity index (χ1v) is 4.20. The Morgan fingerprint density at radius 3 is 2.50 bits per heavy atom.